The molecule has 0 atom stereocenters. The molecule has 0 bridgehead atoms. The van der Waals surface area contributed by atoms with Gasteiger partial charge in [0.15, 0.2) is 0 Å². The van der Waals surface area contributed by atoms with E-state index >= 15 is 0 Å². The van der Waals surface area contributed by atoms with Gasteiger partial charge in [-0.25, -0.2) is 0 Å². The topological polar surface area (TPSA) is 27.3 Å². The fourth-order valence-corrected chi connectivity index (χ4v) is 4.15. The third kappa shape index (κ3) is 6.66. The molecule has 3 nitrogen and oxygen atoms in total. The highest BCUT2D eigenvalue weighted by molar-refractivity contribution is 4.99. The van der Waals surface area contributed by atoms with Crippen molar-refractivity contribution in [1.29, 1.82) is 0 Å². The van der Waals surface area contributed by atoms with Crippen molar-refractivity contribution in [3.05, 3.63) is 0 Å². The lowest BCUT2D eigenvalue weighted by Gasteiger charge is -2.46. The number of nitrogens with one attached hydrogen (secondary N) is 2. The Morgan fingerprint density at radius 2 is 1.48 bits per heavy atom. The van der Waals surface area contributed by atoms with Gasteiger partial charge < -0.3 is 10.6 Å². The molecule has 0 spiro atoms. The van der Waals surface area contributed by atoms with Crippen molar-refractivity contribution in [1.82, 2.24) is 15.5 Å². The second kappa shape index (κ2) is 7.43. The molecular weight excluding hydrogens is 258 g/mol. The van der Waals surface area contributed by atoms with E-state index < -0.39 is 0 Å². The smallest absolute Gasteiger partial charge is 0.0144 e. The quantitative estimate of drug-likeness (QED) is 0.705. The van der Waals surface area contributed by atoms with Gasteiger partial charge in [-0.05, 0) is 87.7 Å². The molecule has 0 aliphatic carbocycles. The Balaban J connectivity index is 2.35. The minimum atomic E-state index is 0.237. The first-order valence-corrected chi connectivity index (χ1v) is 8.81. The lowest BCUT2D eigenvalue weighted by molar-refractivity contribution is 0.142. The van der Waals surface area contributed by atoms with E-state index in [4.69, 9.17) is 0 Å². The highest BCUT2D eigenvalue weighted by Crippen LogP contribution is 2.28. The Labute approximate surface area is 133 Å². The summed E-state index contributed by atoms with van der Waals surface area (Å²) in [5.41, 5.74) is 0.475. The Hall–Kier alpha value is -0.120. The van der Waals surface area contributed by atoms with E-state index in [0.717, 1.165) is 6.54 Å². The molecule has 0 aromatic rings. The summed E-state index contributed by atoms with van der Waals surface area (Å²) in [6.45, 7) is 20.8. The SMILES string of the molecule is CC(C)N(CCCNC1CC(C)(C)NC(C)(C)C1)C(C)C. The van der Waals surface area contributed by atoms with Crippen molar-refractivity contribution < 1.29 is 0 Å². The first kappa shape index (κ1) is 18.9. The minimum absolute atomic E-state index is 0.237. The second-order valence-corrected chi connectivity index (χ2v) is 8.73. The highest BCUT2D eigenvalue weighted by Gasteiger charge is 2.37. The zero-order chi connectivity index (χ0) is 16.3. The average Bonchev–Trinajstić information content (AvgIpc) is 2.22. The zero-order valence-corrected chi connectivity index (χ0v) is 15.7. The maximum atomic E-state index is 3.80. The van der Waals surface area contributed by atoms with Crippen molar-refractivity contribution in [3.8, 4) is 0 Å². The molecule has 0 amide bonds. The van der Waals surface area contributed by atoms with Gasteiger partial charge in [-0.15, -0.1) is 0 Å². The number of rotatable bonds is 7. The standard InChI is InChI=1S/C18H39N3/c1-14(2)21(15(3)4)11-9-10-19-16-12-17(5,6)20-18(7,8)13-16/h14-16,19-20H,9-13H2,1-8H3. The van der Waals surface area contributed by atoms with Crippen LogP contribution in [0.3, 0.4) is 0 Å². The van der Waals surface area contributed by atoms with Gasteiger partial charge in [0.05, 0.1) is 0 Å². The number of piperidine rings is 1. The number of nitrogens with zero attached hydrogens (tertiary/aromatic N) is 1. The monoisotopic (exact) mass is 297 g/mol. The molecule has 3 heteroatoms. The molecule has 1 heterocycles. The summed E-state index contributed by atoms with van der Waals surface area (Å²) in [4.78, 5) is 2.58. The lowest BCUT2D eigenvalue weighted by Crippen LogP contribution is -2.61. The molecule has 1 fully saturated rings. The van der Waals surface area contributed by atoms with Crippen molar-refractivity contribution in [2.75, 3.05) is 13.1 Å². The van der Waals surface area contributed by atoms with Crippen LogP contribution >= 0.6 is 0 Å². The van der Waals surface area contributed by atoms with Gasteiger partial charge in [0, 0.05) is 29.2 Å². The third-order valence-electron chi connectivity index (χ3n) is 4.54. The van der Waals surface area contributed by atoms with E-state index in [1.54, 1.807) is 0 Å². The normalized spacial score (nSPS) is 22.4. The molecule has 0 aromatic heterocycles. The Morgan fingerprint density at radius 1 is 1.00 bits per heavy atom. The Kier molecular flexibility index (Phi) is 6.70. The van der Waals surface area contributed by atoms with Crippen LogP contribution in [0.25, 0.3) is 0 Å². The molecule has 0 aromatic carbocycles. The second-order valence-electron chi connectivity index (χ2n) is 8.73. The molecule has 0 radical (unpaired) electrons. The van der Waals surface area contributed by atoms with Crippen LogP contribution in [0.1, 0.15) is 74.7 Å². The summed E-state index contributed by atoms with van der Waals surface area (Å²) in [7, 11) is 0. The lowest BCUT2D eigenvalue weighted by atomic mass is 9.79. The van der Waals surface area contributed by atoms with E-state index in [1.165, 1.54) is 25.8 Å². The summed E-state index contributed by atoms with van der Waals surface area (Å²) >= 11 is 0. The summed E-state index contributed by atoms with van der Waals surface area (Å²) in [6, 6.07) is 1.92. The van der Waals surface area contributed by atoms with E-state index in [9.17, 15) is 0 Å². The molecule has 21 heavy (non-hydrogen) atoms. The molecule has 126 valence electrons. The van der Waals surface area contributed by atoms with Crippen LogP contribution in [-0.4, -0.2) is 47.2 Å². The van der Waals surface area contributed by atoms with Crippen LogP contribution in [-0.2, 0) is 0 Å². The summed E-state index contributed by atoms with van der Waals surface area (Å²) in [5.74, 6) is 0. The highest BCUT2D eigenvalue weighted by atomic mass is 15.2. The maximum absolute atomic E-state index is 3.80. The summed E-state index contributed by atoms with van der Waals surface area (Å²) < 4.78 is 0. The van der Waals surface area contributed by atoms with Gasteiger partial charge >= 0.3 is 0 Å². The molecule has 0 unspecified atom stereocenters. The average molecular weight is 298 g/mol. The van der Waals surface area contributed by atoms with Gasteiger partial charge in [0.2, 0.25) is 0 Å². The molecular formula is C18H39N3. The van der Waals surface area contributed by atoms with Gasteiger partial charge in [0.1, 0.15) is 0 Å². The predicted molar refractivity (Wildman–Crippen MR) is 93.9 cm³/mol. The van der Waals surface area contributed by atoms with Crippen LogP contribution in [0.2, 0.25) is 0 Å². The van der Waals surface area contributed by atoms with Crippen LogP contribution in [0.15, 0.2) is 0 Å². The van der Waals surface area contributed by atoms with Crippen LogP contribution in [0.4, 0.5) is 0 Å². The summed E-state index contributed by atoms with van der Waals surface area (Å²) in [5, 5.41) is 7.55. The van der Waals surface area contributed by atoms with E-state index in [2.05, 4.69) is 70.9 Å². The fraction of sp³-hybridized carbons (Fsp3) is 1.00. The van der Waals surface area contributed by atoms with Crippen LogP contribution in [0.5, 0.6) is 0 Å². The van der Waals surface area contributed by atoms with Crippen molar-refractivity contribution in [3.63, 3.8) is 0 Å². The number of hydrogen-bond acceptors (Lipinski definition) is 3. The zero-order valence-electron chi connectivity index (χ0n) is 15.7. The minimum Gasteiger partial charge on any atom is -0.314 e. The van der Waals surface area contributed by atoms with E-state index in [0.29, 0.717) is 18.1 Å². The van der Waals surface area contributed by atoms with Gasteiger partial charge in [-0.1, -0.05) is 0 Å². The van der Waals surface area contributed by atoms with E-state index in [-0.39, 0.29) is 11.1 Å². The largest absolute Gasteiger partial charge is 0.314 e. The fourth-order valence-electron chi connectivity index (χ4n) is 4.15. The Bertz CT molecular complexity index is 284. The molecule has 0 saturated carbocycles. The van der Waals surface area contributed by atoms with Gasteiger partial charge in [-0.2, -0.15) is 0 Å². The van der Waals surface area contributed by atoms with Crippen molar-refractivity contribution in [2.24, 2.45) is 0 Å². The van der Waals surface area contributed by atoms with Gasteiger partial charge in [-0.3, -0.25) is 4.90 Å². The summed E-state index contributed by atoms with van der Waals surface area (Å²) in [6.07, 6.45) is 3.67. The van der Waals surface area contributed by atoms with Gasteiger partial charge in [0.25, 0.3) is 0 Å². The number of hydrogen-bond donors (Lipinski definition) is 2. The van der Waals surface area contributed by atoms with Crippen molar-refractivity contribution in [2.45, 2.75) is 104 Å². The molecule has 2 N–H and O–H groups in total. The molecule has 1 aliphatic rings. The predicted octanol–water partition coefficient (Wildman–Crippen LogP) is 3.39. The first-order chi connectivity index (χ1) is 9.52. The maximum Gasteiger partial charge on any atom is 0.0144 e. The molecule has 1 aliphatic heterocycles. The molecule has 1 rings (SSSR count). The van der Waals surface area contributed by atoms with Crippen molar-refractivity contribution >= 4 is 0 Å². The third-order valence-corrected chi connectivity index (χ3v) is 4.54. The van der Waals surface area contributed by atoms with Crippen LogP contribution < -0.4 is 10.6 Å². The van der Waals surface area contributed by atoms with Crippen LogP contribution in [0, 0.1) is 0 Å². The first-order valence-electron chi connectivity index (χ1n) is 8.81. The Morgan fingerprint density at radius 3 is 1.90 bits per heavy atom. The van der Waals surface area contributed by atoms with E-state index in [1.807, 2.05) is 0 Å². The molecule has 1 saturated heterocycles.